The minimum Gasteiger partial charge on any atom is -0.383 e. The highest BCUT2D eigenvalue weighted by atomic mass is 35.5. The van der Waals surface area contributed by atoms with Crippen LogP contribution < -0.4 is 4.90 Å². The molecule has 0 bridgehead atoms. The monoisotopic (exact) mass is 243 g/mol. The number of nitrogens with zero attached hydrogens (tertiary/aromatic N) is 3. The van der Waals surface area contributed by atoms with Gasteiger partial charge in [0, 0.05) is 19.7 Å². The molecular formula is C11H18ClN3O. The maximum Gasteiger partial charge on any atom is 0.134 e. The molecule has 0 spiro atoms. The van der Waals surface area contributed by atoms with E-state index in [1.54, 1.807) is 13.2 Å². The Kier molecular flexibility index (Phi) is 4.96. The van der Waals surface area contributed by atoms with E-state index < -0.39 is 0 Å². The van der Waals surface area contributed by atoms with Crippen molar-refractivity contribution in [1.29, 1.82) is 0 Å². The lowest BCUT2D eigenvalue weighted by Gasteiger charge is -2.28. The van der Waals surface area contributed by atoms with E-state index in [0.717, 1.165) is 12.4 Å². The van der Waals surface area contributed by atoms with Crippen LogP contribution in [0, 0.1) is 6.92 Å². The van der Waals surface area contributed by atoms with Gasteiger partial charge in [-0.15, -0.1) is 0 Å². The van der Waals surface area contributed by atoms with Crippen molar-refractivity contribution < 1.29 is 4.74 Å². The minimum atomic E-state index is 0.264. The second-order valence-electron chi connectivity index (χ2n) is 3.69. The molecule has 90 valence electrons. The molecule has 1 unspecified atom stereocenters. The van der Waals surface area contributed by atoms with Gasteiger partial charge in [-0.25, -0.2) is 9.97 Å². The van der Waals surface area contributed by atoms with Crippen molar-refractivity contribution in [2.24, 2.45) is 0 Å². The fourth-order valence-corrected chi connectivity index (χ4v) is 1.91. The molecule has 1 atom stereocenters. The molecule has 16 heavy (non-hydrogen) atoms. The topological polar surface area (TPSA) is 38.2 Å². The zero-order chi connectivity index (χ0) is 12.1. The van der Waals surface area contributed by atoms with Crippen LogP contribution in [0.4, 0.5) is 5.82 Å². The van der Waals surface area contributed by atoms with Gasteiger partial charge in [-0.2, -0.15) is 0 Å². The van der Waals surface area contributed by atoms with E-state index in [9.17, 15) is 0 Å². The molecule has 1 aromatic rings. The van der Waals surface area contributed by atoms with Crippen molar-refractivity contribution in [3.63, 3.8) is 0 Å². The van der Waals surface area contributed by atoms with Crippen LogP contribution in [0.1, 0.15) is 19.7 Å². The van der Waals surface area contributed by atoms with Gasteiger partial charge in [0.25, 0.3) is 0 Å². The first kappa shape index (κ1) is 13.2. The molecule has 0 aliphatic carbocycles. The number of anilines is 1. The second-order valence-corrected chi connectivity index (χ2v) is 4.07. The van der Waals surface area contributed by atoms with Crippen molar-refractivity contribution in [2.45, 2.75) is 26.8 Å². The van der Waals surface area contributed by atoms with Gasteiger partial charge in [0.15, 0.2) is 0 Å². The Morgan fingerprint density at radius 1 is 1.50 bits per heavy atom. The minimum absolute atomic E-state index is 0.264. The van der Waals surface area contributed by atoms with Crippen LogP contribution in [0.2, 0.25) is 5.15 Å². The van der Waals surface area contributed by atoms with Gasteiger partial charge in [0.1, 0.15) is 16.8 Å². The number of rotatable bonds is 5. The molecule has 4 nitrogen and oxygen atoms in total. The van der Waals surface area contributed by atoms with Gasteiger partial charge in [-0.3, -0.25) is 0 Å². The van der Waals surface area contributed by atoms with E-state index in [1.807, 2.05) is 6.92 Å². The molecule has 0 aromatic carbocycles. The van der Waals surface area contributed by atoms with Crippen LogP contribution >= 0.6 is 11.6 Å². The third-order valence-electron chi connectivity index (χ3n) is 2.37. The van der Waals surface area contributed by atoms with Crippen molar-refractivity contribution in [2.75, 3.05) is 25.2 Å². The number of aromatic nitrogens is 2. The normalized spacial score (nSPS) is 12.6. The Balaban J connectivity index is 2.94. The van der Waals surface area contributed by atoms with Crippen LogP contribution in [-0.2, 0) is 4.74 Å². The van der Waals surface area contributed by atoms with Gasteiger partial charge in [-0.05, 0) is 20.8 Å². The molecular weight excluding hydrogens is 226 g/mol. The van der Waals surface area contributed by atoms with Crippen LogP contribution in [0.15, 0.2) is 6.07 Å². The molecule has 1 aromatic heterocycles. The summed E-state index contributed by atoms with van der Waals surface area (Å²) < 4.78 is 5.15. The maximum absolute atomic E-state index is 5.92. The average Bonchev–Trinajstić information content (AvgIpc) is 2.17. The first-order valence-corrected chi connectivity index (χ1v) is 5.73. The standard InChI is InChI=1S/C11H18ClN3O/c1-5-15(8(2)7-16-4)11-6-10(12)13-9(3)14-11/h6,8H,5,7H2,1-4H3. The number of hydrogen-bond donors (Lipinski definition) is 0. The fourth-order valence-electron chi connectivity index (χ4n) is 1.69. The van der Waals surface area contributed by atoms with E-state index in [4.69, 9.17) is 16.3 Å². The summed E-state index contributed by atoms with van der Waals surface area (Å²) in [6.45, 7) is 7.53. The number of hydrogen-bond acceptors (Lipinski definition) is 4. The average molecular weight is 244 g/mol. The van der Waals surface area contributed by atoms with Crippen molar-refractivity contribution in [3.05, 3.63) is 17.0 Å². The summed E-state index contributed by atoms with van der Waals surface area (Å²) in [4.78, 5) is 10.6. The Morgan fingerprint density at radius 2 is 2.19 bits per heavy atom. The zero-order valence-corrected chi connectivity index (χ0v) is 11.0. The quantitative estimate of drug-likeness (QED) is 0.744. The van der Waals surface area contributed by atoms with Crippen LogP contribution in [0.5, 0.6) is 0 Å². The summed E-state index contributed by atoms with van der Waals surface area (Å²) in [5, 5.41) is 0.477. The number of methoxy groups -OCH3 is 1. The first-order chi connectivity index (χ1) is 7.58. The lowest BCUT2D eigenvalue weighted by molar-refractivity contribution is 0.181. The lowest BCUT2D eigenvalue weighted by atomic mass is 10.3. The molecule has 1 rings (SSSR count). The van der Waals surface area contributed by atoms with Gasteiger partial charge < -0.3 is 9.64 Å². The second kappa shape index (κ2) is 6.01. The molecule has 0 aliphatic heterocycles. The fraction of sp³-hybridized carbons (Fsp3) is 0.636. The summed E-state index contributed by atoms with van der Waals surface area (Å²) in [5.74, 6) is 1.54. The lowest BCUT2D eigenvalue weighted by Crippen LogP contribution is -2.36. The maximum atomic E-state index is 5.92. The smallest absolute Gasteiger partial charge is 0.134 e. The number of likely N-dealkylation sites (N-methyl/N-ethyl adjacent to an activating group) is 1. The summed E-state index contributed by atoms with van der Waals surface area (Å²) in [6, 6.07) is 2.05. The molecule has 1 heterocycles. The van der Waals surface area contributed by atoms with E-state index in [2.05, 4.69) is 28.7 Å². The van der Waals surface area contributed by atoms with Gasteiger partial charge >= 0.3 is 0 Å². The predicted octanol–water partition coefficient (Wildman–Crippen LogP) is 2.30. The summed E-state index contributed by atoms with van der Waals surface area (Å²) in [5.41, 5.74) is 0. The Morgan fingerprint density at radius 3 is 2.69 bits per heavy atom. The molecule has 0 aliphatic rings. The summed E-state index contributed by atoms with van der Waals surface area (Å²) in [7, 11) is 1.70. The van der Waals surface area contributed by atoms with Crippen LogP contribution in [0.3, 0.4) is 0 Å². The van der Waals surface area contributed by atoms with E-state index in [0.29, 0.717) is 17.6 Å². The number of aryl methyl sites for hydroxylation is 1. The third-order valence-corrected chi connectivity index (χ3v) is 2.56. The molecule has 0 saturated carbocycles. The van der Waals surface area contributed by atoms with E-state index in [1.165, 1.54) is 0 Å². The molecule has 5 heteroatoms. The highest BCUT2D eigenvalue weighted by molar-refractivity contribution is 6.29. The van der Waals surface area contributed by atoms with Crippen LogP contribution in [0.25, 0.3) is 0 Å². The van der Waals surface area contributed by atoms with E-state index in [-0.39, 0.29) is 6.04 Å². The Labute approximate surface area is 102 Å². The predicted molar refractivity (Wildman–Crippen MR) is 66.1 cm³/mol. The van der Waals surface area contributed by atoms with Crippen molar-refractivity contribution >= 4 is 17.4 Å². The highest BCUT2D eigenvalue weighted by Crippen LogP contribution is 2.18. The molecule has 0 saturated heterocycles. The van der Waals surface area contributed by atoms with Gasteiger partial charge in [0.05, 0.1) is 12.6 Å². The van der Waals surface area contributed by atoms with E-state index >= 15 is 0 Å². The SMILES string of the molecule is CCN(c1cc(Cl)nc(C)n1)C(C)COC. The molecule has 0 fully saturated rings. The van der Waals surface area contributed by atoms with Gasteiger partial charge in [-0.1, -0.05) is 11.6 Å². The zero-order valence-electron chi connectivity index (χ0n) is 10.2. The van der Waals surface area contributed by atoms with Crippen LogP contribution in [-0.4, -0.2) is 36.3 Å². The first-order valence-electron chi connectivity index (χ1n) is 5.35. The van der Waals surface area contributed by atoms with Crippen molar-refractivity contribution in [1.82, 2.24) is 9.97 Å². The number of halogens is 1. The Bertz CT molecular complexity index is 326. The van der Waals surface area contributed by atoms with Gasteiger partial charge in [0.2, 0.25) is 0 Å². The van der Waals surface area contributed by atoms with Crippen molar-refractivity contribution in [3.8, 4) is 0 Å². The highest BCUT2D eigenvalue weighted by Gasteiger charge is 2.14. The summed E-state index contributed by atoms with van der Waals surface area (Å²) in [6.07, 6.45) is 0. The molecule has 0 radical (unpaired) electrons. The molecule has 0 N–H and O–H groups in total. The summed E-state index contributed by atoms with van der Waals surface area (Å²) >= 11 is 5.92. The number of ether oxygens (including phenoxy) is 1. The third kappa shape index (κ3) is 3.32. The Hall–Kier alpha value is -0.870. The molecule has 0 amide bonds. The largest absolute Gasteiger partial charge is 0.383 e.